The molecular weight excluding hydrogens is 296 g/mol. The smallest absolute Gasteiger partial charge is 0.109 e. The molecule has 0 spiro atoms. The molecule has 0 bridgehead atoms. The van der Waals surface area contributed by atoms with E-state index in [1.54, 1.807) is 0 Å². The van der Waals surface area contributed by atoms with Crippen LogP contribution in [0, 0.1) is 0 Å². The second-order valence-electron chi connectivity index (χ2n) is 5.55. The lowest BCUT2D eigenvalue weighted by Crippen LogP contribution is -1.89. The minimum atomic E-state index is 0.788. The Bertz CT molecular complexity index is 821. The van der Waals surface area contributed by atoms with Crippen LogP contribution in [0.5, 0.6) is 0 Å². The molecule has 120 valence electrons. The van der Waals surface area contributed by atoms with E-state index in [4.69, 9.17) is 5.73 Å². The Morgan fingerprint density at radius 3 is 2.08 bits per heavy atom. The van der Waals surface area contributed by atoms with E-state index in [-0.39, 0.29) is 0 Å². The van der Waals surface area contributed by atoms with Gasteiger partial charge in [0, 0.05) is 12.7 Å². The number of para-hydroxylation sites is 1. The minimum Gasteiger partial charge on any atom is -0.399 e. The van der Waals surface area contributed by atoms with Gasteiger partial charge in [-0.1, -0.05) is 36.4 Å². The number of anilines is 2. The SMILES string of the molecule is CNc1ccccc1N=Nc1ccc(Cc2ccc(N)cc2)cc1. The van der Waals surface area contributed by atoms with Crippen LogP contribution >= 0.6 is 0 Å². The fourth-order valence-electron chi connectivity index (χ4n) is 2.44. The molecule has 0 aliphatic rings. The largest absolute Gasteiger partial charge is 0.399 e. The maximum Gasteiger partial charge on any atom is 0.109 e. The summed E-state index contributed by atoms with van der Waals surface area (Å²) in [6.45, 7) is 0. The van der Waals surface area contributed by atoms with Gasteiger partial charge in [-0.25, -0.2) is 0 Å². The summed E-state index contributed by atoms with van der Waals surface area (Å²) in [5, 5.41) is 11.7. The third-order valence-electron chi connectivity index (χ3n) is 3.77. The number of nitrogens with one attached hydrogen (secondary N) is 1. The fourth-order valence-corrected chi connectivity index (χ4v) is 2.44. The monoisotopic (exact) mass is 316 g/mol. The number of nitrogens with two attached hydrogens (primary N) is 1. The molecule has 0 aliphatic heterocycles. The lowest BCUT2D eigenvalue weighted by atomic mass is 10.0. The van der Waals surface area contributed by atoms with E-state index in [1.165, 1.54) is 11.1 Å². The molecule has 0 unspecified atom stereocenters. The van der Waals surface area contributed by atoms with Crippen LogP contribution in [0.15, 0.2) is 83.0 Å². The number of benzene rings is 3. The van der Waals surface area contributed by atoms with Gasteiger partial charge in [-0.15, -0.1) is 5.11 Å². The van der Waals surface area contributed by atoms with Gasteiger partial charge in [0.25, 0.3) is 0 Å². The fraction of sp³-hybridized carbons (Fsp3) is 0.100. The van der Waals surface area contributed by atoms with Crippen molar-refractivity contribution in [1.29, 1.82) is 0 Å². The van der Waals surface area contributed by atoms with Gasteiger partial charge in [-0.3, -0.25) is 0 Å². The number of hydrogen-bond donors (Lipinski definition) is 2. The Kier molecular flexibility index (Phi) is 4.87. The molecule has 0 saturated carbocycles. The van der Waals surface area contributed by atoms with Crippen molar-refractivity contribution in [2.45, 2.75) is 6.42 Å². The van der Waals surface area contributed by atoms with Crippen molar-refractivity contribution < 1.29 is 0 Å². The summed E-state index contributed by atoms with van der Waals surface area (Å²) < 4.78 is 0. The van der Waals surface area contributed by atoms with Crippen molar-refractivity contribution in [2.75, 3.05) is 18.1 Å². The summed E-state index contributed by atoms with van der Waals surface area (Å²) in [5.74, 6) is 0. The maximum absolute atomic E-state index is 5.71. The third-order valence-corrected chi connectivity index (χ3v) is 3.77. The van der Waals surface area contributed by atoms with Gasteiger partial charge in [0.15, 0.2) is 0 Å². The molecular formula is C20H20N4. The quantitative estimate of drug-likeness (QED) is 0.494. The molecule has 0 atom stereocenters. The van der Waals surface area contributed by atoms with Gasteiger partial charge in [-0.05, 0) is 53.9 Å². The van der Waals surface area contributed by atoms with E-state index in [2.05, 4.69) is 39.8 Å². The number of rotatable bonds is 5. The van der Waals surface area contributed by atoms with Crippen LogP contribution in [-0.2, 0) is 6.42 Å². The zero-order valence-corrected chi connectivity index (χ0v) is 13.6. The summed E-state index contributed by atoms with van der Waals surface area (Å²) in [6.07, 6.45) is 0.875. The van der Waals surface area contributed by atoms with Gasteiger partial charge >= 0.3 is 0 Å². The average Bonchev–Trinajstić information content (AvgIpc) is 2.63. The van der Waals surface area contributed by atoms with Crippen molar-refractivity contribution >= 4 is 22.7 Å². The van der Waals surface area contributed by atoms with E-state index >= 15 is 0 Å². The predicted molar refractivity (Wildman–Crippen MR) is 100 cm³/mol. The highest BCUT2D eigenvalue weighted by molar-refractivity contribution is 5.64. The first-order valence-electron chi connectivity index (χ1n) is 7.86. The van der Waals surface area contributed by atoms with Gasteiger partial charge < -0.3 is 11.1 Å². The predicted octanol–water partition coefficient (Wildman–Crippen LogP) is 5.32. The molecule has 0 aromatic heterocycles. The van der Waals surface area contributed by atoms with Crippen LogP contribution in [0.4, 0.5) is 22.7 Å². The number of nitrogen functional groups attached to an aromatic ring is 1. The second-order valence-corrected chi connectivity index (χ2v) is 5.55. The van der Waals surface area contributed by atoms with Crippen molar-refractivity contribution in [3.05, 3.63) is 83.9 Å². The zero-order valence-electron chi connectivity index (χ0n) is 13.6. The maximum atomic E-state index is 5.71. The molecule has 0 heterocycles. The Balaban J connectivity index is 1.70. The van der Waals surface area contributed by atoms with E-state index in [1.807, 2.05) is 55.6 Å². The summed E-state index contributed by atoms with van der Waals surface area (Å²) in [7, 11) is 1.88. The molecule has 0 radical (unpaired) electrons. The normalized spacial score (nSPS) is 10.9. The molecule has 0 aliphatic carbocycles. The van der Waals surface area contributed by atoms with Crippen LogP contribution in [0.25, 0.3) is 0 Å². The molecule has 24 heavy (non-hydrogen) atoms. The standard InChI is InChI=1S/C20H20N4/c1-22-19-4-2-3-5-20(19)24-23-18-12-8-16(9-13-18)14-15-6-10-17(21)11-7-15/h2-13,22H,14,21H2,1H3. The summed E-state index contributed by atoms with van der Waals surface area (Å²) in [4.78, 5) is 0. The van der Waals surface area contributed by atoms with Crippen LogP contribution in [0.3, 0.4) is 0 Å². The van der Waals surface area contributed by atoms with E-state index < -0.39 is 0 Å². The second kappa shape index (κ2) is 7.42. The van der Waals surface area contributed by atoms with Gasteiger partial charge in [0.2, 0.25) is 0 Å². The Hall–Kier alpha value is -3.14. The molecule has 4 heteroatoms. The number of nitrogens with zero attached hydrogens (tertiary/aromatic N) is 2. The highest BCUT2D eigenvalue weighted by Gasteiger charge is 1.99. The van der Waals surface area contributed by atoms with E-state index in [0.717, 1.165) is 29.2 Å². The molecule has 3 aromatic rings. The van der Waals surface area contributed by atoms with Crippen molar-refractivity contribution in [1.82, 2.24) is 0 Å². The minimum absolute atomic E-state index is 0.788. The third kappa shape index (κ3) is 3.98. The van der Waals surface area contributed by atoms with Crippen LogP contribution in [-0.4, -0.2) is 7.05 Å². The lowest BCUT2D eigenvalue weighted by molar-refractivity contribution is 1.18. The molecule has 3 aromatic carbocycles. The van der Waals surface area contributed by atoms with Crippen molar-refractivity contribution in [3.63, 3.8) is 0 Å². The molecule has 0 amide bonds. The number of azo groups is 1. The molecule has 0 saturated heterocycles. The van der Waals surface area contributed by atoms with Gasteiger partial charge in [-0.2, -0.15) is 5.11 Å². The lowest BCUT2D eigenvalue weighted by Gasteiger charge is -2.04. The summed E-state index contributed by atoms with van der Waals surface area (Å²) in [6, 6.07) is 23.9. The summed E-state index contributed by atoms with van der Waals surface area (Å²) >= 11 is 0. The first kappa shape index (κ1) is 15.7. The van der Waals surface area contributed by atoms with E-state index in [9.17, 15) is 0 Å². The van der Waals surface area contributed by atoms with Gasteiger partial charge in [0.1, 0.15) is 5.69 Å². The van der Waals surface area contributed by atoms with Crippen LogP contribution < -0.4 is 11.1 Å². The topological polar surface area (TPSA) is 62.8 Å². The van der Waals surface area contributed by atoms with Crippen molar-refractivity contribution in [3.8, 4) is 0 Å². The molecule has 0 fully saturated rings. The Morgan fingerprint density at radius 1 is 0.792 bits per heavy atom. The van der Waals surface area contributed by atoms with Crippen molar-refractivity contribution in [2.24, 2.45) is 10.2 Å². The zero-order chi connectivity index (χ0) is 16.8. The van der Waals surface area contributed by atoms with Crippen LogP contribution in [0.2, 0.25) is 0 Å². The molecule has 4 nitrogen and oxygen atoms in total. The molecule has 3 rings (SSSR count). The first-order valence-corrected chi connectivity index (χ1v) is 7.86. The highest BCUT2D eigenvalue weighted by atomic mass is 15.1. The number of hydrogen-bond acceptors (Lipinski definition) is 4. The van der Waals surface area contributed by atoms with Crippen LogP contribution in [0.1, 0.15) is 11.1 Å². The van der Waals surface area contributed by atoms with Gasteiger partial charge in [0.05, 0.1) is 11.4 Å². The average molecular weight is 316 g/mol. The first-order chi connectivity index (χ1) is 11.7. The van der Waals surface area contributed by atoms with E-state index in [0.29, 0.717) is 0 Å². The Morgan fingerprint density at radius 2 is 1.42 bits per heavy atom. The summed E-state index contributed by atoms with van der Waals surface area (Å²) in [5.41, 5.74) is 11.6. The Labute approximate surface area is 142 Å². The highest BCUT2D eigenvalue weighted by Crippen LogP contribution is 2.26. The molecule has 3 N–H and O–H groups in total.